The van der Waals surface area contributed by atoms with Gasteiger partial charge in [-0.05, 0) is 24.5 Å². The van der Waals surface area contributed by atoms with Crippen molar-refractivity contribution < 1.29 is 4.39 Å². The quantitative estimate of drug-likeness (QED) is 0.666. The van der Waals surface area contributed by atoms with Gasteiger partial charge in [-0.2, -0.15) is 5.10 Å². The first kappa shape index (κ1) is 11.1. The van der Waals surface area contributed by atoms with Gasteiger partial charge in [0.05, 0.1) is 11.2 Å². The van der Waals surface area contributed by atoms with Gasteiger partial charge in [0.25, 0.3) is 0 Å². The number of hydrogen-bond acceptors (Lipinski definition) is 1. The number of hydrogen-bond donors (Lipinski definition) is 0. The Hall–Kier alpha value is -1.38. The fraction of sp³-hybridized carbons (Fsp3) is 0.462. The fourth-order valence-electron chi connectivity index (χ4n) is 2.24. The Morgan fingerprint density at radius 1 is 1.25 bits per heavy atom. The highest BCUT2D eigenvalue weighted by atomic mass is 19.1. The van der Waals surface area contributed by atoms with Crippen LogP contribution in [0.15, 0.2) is 12.1 Å². The number of aryl methyl sites for hydroxylation is 2. The van der Waals surface area contributed by atoms with E-state index in [9.17, 15) is 4.39 Å². The molecule has 0 spiro atoms. The highest BCUT2D eigenvalue weighted by Crippen LogP contribution is 2.33. The zero-order valence-electron chi connectivity index (χ0n) is 10.4. The second kappa shape index (κ2) is 3.30. The Balaban J connectivity index is 2.95. The molecule has 0 saturated heterocycles. The minimum atomic E-state index is -0.218. The third-order valence-electron chi connectivity index (χ3n) is 2.89. The molecule has 1 heterocycles. The van der Waals surface area contributed by atoms with E-state index in [1.807, 2.05) is 40.8 Å². The van der Waals surface area contributed by atoms with E-state index in [0.717, 1.165) is 22.2 Å². The topological polar surface area (TPSA) is 17.8 Å². The monoisotopic (exact) mass is 220 g/mol. The van der Waals surface area contributed by atoms with E-state index in [2.05, 4.69) is 5.10 Å². The minimum absolute atomic E-state index is 0.150. The summed E-state index contributed by atoms with van der Waals surface area (Å²) in [7, 11) is 1.87. The zero-order valence-corrected chi connectivity index (χ0v) is 10.4. The van der Waals surface area contributed by atoms with Crippen LogP contribution in [-0.2, 0) is 12.5 Å². The zero-order chi connectivity index (χ0) is 12.1. The molecule has 0 aliphatic rings. The van der Waals surface area contributed by atoms with Gasteiger partial charge in [0.2, 0.25) is 0 Å². The van der Waals surface area contributed by atoms with Crippen LogP contribution >= 0.6 is 0 Å². The summed E-state index contributed by atoms with van der Waals surface area (Å²) in [6.07, 6.45) is 0. The molecule has 0 amide bonds. The van der Waals surface area contributed by atoms with Crippen LogP contribution in [0.1, 0.15) is 32.0 Å². The molecule has 0 saturated carbocycles. The Labute approximate surface area is 95.1 Å². The SMILES string of the molecule is Cc1nn(C)c2c(C(C)(C)C)c(F)ccc12. The van der Waals surface area contributed by atoms with E-state index in [-0.39, 0.29) is 11.2 Å². The summed E-state index contributed by atoms with van der Waals surface area (Å²) >= 11 is 0. The molecule has 0 aliphatic heterocycles. The van der Waals surface area contributed by atoms with Gasteiger partial charge in [-0.1, -0.05) is 20.8 Å². The van der Waals surface area contributed by atoms with Crippen LogP contribution in [0.5, 0.6) is 0 Å². The van der Waals surface area contributed by atoms with E-state index in [1.165, 1.54) is 6.07 Å². The van der Waals surface area contributed by atoms with Gasteiger partial charge < -0.3 is 0 Å². The summed E-state index contributed by atoms with van der Waals surface area (Å²) in [6.45, 7) is 8.01. The van der Waals surface area contributed by atoms with E-state index in [0.29, 0.717) is 0 Å². The highest BCUT2D eigenvalue weighted by Gasteiger charge is 2.24. The molecule has 2 aromatic rings. The van der Waals surface area contributed by atoms with Crippen molar-refractivity contribution in [1.82, 2.24) is 9.78 Å². The smallest absolute Gasteiger partial charge is 0.129 e. The molecule has 86 valence electrons. The van der Waals surface area contributed by atoms with Gasteiger partial charge in [-0.25, -0.2) is 4.39 Å². The van der Waals surface area contributed by atoms with Crippen LogP contribution in [-0.4, -0.2) is 9.78 Å². The van der Waals surface area contributed by atoms with E-state index >= 15 is 0 Å². The van der Waals surface area contributed by atoms with Gasteiger partial charge in [0, 0.05) is 18.0 Å². The summed E-state index contributed by atoms with van der Waals surface area (Å²) < 4.78 is 15.7. The lowest BCUT2D eigenvalue weighted by molar-refractivity contribution is 0.525. The van der Waals surface area contributed by atoms with Crippen molar-refractivity contribution in [3.63, 3.8) is 0 Å². The molecule has 1 aromatic heterocycles. The minimum Gasteiger partial charge on any atom is -0.267 e. The average Bonchev–Trinajstić information content (AvgIpc) is 2.40. The normalized spacial score (nSPS) is 12.4. The number of aromatic nitrogens is 2. The number of halogens is 1. The van der Waals surface area contributed by atoms with Gasteiger partial charge in [0.1, 0.15) is 5.82 Å². The van der Waals surface area contributed by atoms with Crippen LogP contribution in [0.3, 0.4) is 0 Å². The summed E-state index contributed by atoms with van der Waals surface area (Å²) in [5.41, 5.74) is 2.38. The summed E-state index contributed by atoms with van der Waals surface area (Å²) in [6, 6.07) is 3.35. The number of rotatable bonds is 0. The molecule has 0 bridgehead atoms. The van der Waals surface area contributed by atoms with Crippen LogP contribution in [0.4, 0.5) is 4.39 Å². The third kappa shape index (κ3) is 1.51. The third-order valence-corrected chi connectivity index (χ3v) is 2.89. The van der Waals surface area contributed by atoms with E-state index in [4.69, 9.17) is 0 Å². The molecule has 0 unspecified atom stereocenters. The maximum atomic E-state index is 14.0. The first-order chi connectivity index (χ1) is 7.32. The molecular weight excluding hydrogens is 203 g/mol. The van der Waals surface area contributed by atoms with E-state index in [1.54, 1.807) is 4.68 Å². The predicted molar refractivity (Wildman–Crippen MR) is 64.1 cm³/mol. The first-order valence-corrected chi connectivity index (χ1v) is 5.44. The molecule has 0 fully saturated rings. The molecule has 1 aromatic carbocycles. The van der Waals surface area contributed by atoms with Crippen molar-refractivity contribution in [3.8, 4) is 0 Å². The van der Waals surface area contributed by atoms with Crippen LogP contribution in [0.2, 0.25) is 0 Å². The second-order valence-electron chi connectivity index (χ2n) is 5.28. The lowest BCUT2D eigenvalue weighted by atomic mass is 9.85. The maximum Gasteiger partial charge on any atom is 0.129 e. The van der Waals surface area contributed by atoms with Crippen molar-refractivity contribution >= 4 is 10.9 Å². The number of nitrogens with zero attached hydrogens (tertiary/aromatic N) is 2. The number of benzene rings is 1. The Morgan fingerprint density at radius 3 is 2.44 bits per heavy atom. The first-order valence-electron chi connectivity index (χ1n) is 5.44. The van der Waals surface area contributed by atoms with Crippen molar-refractivity contribution in [2.24, 2.45) is 7.05 Å². The fourth-order valence-corrected chi connectivity index (χ4v) is 2.24. The Kier molecular flexibility index (Phi) is 2.30. The molecular formula is C13H17FN2. The molecule has 0 atom stereocenters. The summed E-state index contributed by atoms with van der Waals surface area (Å²) in [5.74, 6) is -0.150. The maximum absolute atomic E-state index is 14.0. The van der Waals surface area contributed by atoms with Crippen LogP contribution in [0.25, 0.3) is 10.9 Å². The predicted octanol–water partition coefficient (Wildman–Crippen LogP) is 3.32. The molecule has 2 nitrogen and oxygen atoms in total. The van der Waals surface area contributed by atoms with Crippen molar-refractivity contribution in [2.75, 3.05) is 0 Å². The van der Waals surface area contributed by atoms with Gasteiger partial charge in [-0.3, -0.25) is 4.68 Å². The van der Waals surface area contributed by atoms with Crippen LogP contribution in [0, 0.1) is 12.7 Å². The van der Waals surface area contributed by atoms with Gasteiger partial charge in [-0.15, -0.1) is 0 Å². The van der Waals surface area contributed by atoms with Gasteiger partial charge in [0.15, 0.2) is 0 Å². The van der Waals surface area contributed by atoms with Gasteiger partial charge >= 0.3 is 0 Å². The Bertz CT molecular complexity index is 547. The summed E-state index contributed by atoms with van der Waals surface area (Å²) in [5, 5.41) is 5.39. The summed E-state index contributed by atoms with van der Waals surface area (Å²) in [4.78, 5) is 0. The molecule has 0 radical (unpaired) electrons. The van der Waals surface area contributed by atoms with Crippen molar-refractivity contribution in [1.29, 1.82) is 0 Å². The lowest BCUT2D eigenvalue weighted by Gasteiger charge is -2.21. The van der Waals surface area contributed by atoms with Crippen LogP contribution < -0.4 is 0 Å². The molecule has 2 rings (SSSR count). The number of fused-ring (bicyclic) bond motifs is 1. The molecule has 0 N–H and O–H groups in total. The molecule has 16 heavy (non-hydrogen) atoms. The highest BCUT2D eigenvalue weighted by molar-refractivity contribution is 5.85. The second-order valence-corrected chi connectivity index (χ2v) is 5.28. The standard InChI is InChI=1S/C13H17FN2/c1-8-9-6-7-10(14)11(13(2,3)4)12(9)16(5)15-8/h6-7H,1-5H3. The van der Waals surface area contributed by atoms with E-state index < -0.39 is 0 Å². The van der Waals surface area contributed by atoms with Crippen molar-refractivity contribution in [3.05, 3.63) is 29.2 Å². The lowest BCUT2D eigenvalue weighted by Crippen LogP contribution is -2.15. The van der Waals surface area contributed by atoms with Crippen molar-refractivity contribution in [2.45, 2.75) is 33.1 Å². The molecule has 3 heteroatoms. The molecule has 0 aliphatic carbocycles. The Morgan fingerprint density at radius 2 is 1.88 bits per heavy atom. The largest absolute Gasteiger partial charge is 0.267 e. The average molecular weight is 220 g/mol.